The van der Waals surface area contributed by atoms with Gasteiger partial charge in [-0.2, -0.15) is 5.26 Å². The topological polar surface area (TPSA) is 85.6 Å². The van der Waals surface area contributed by atoms with Gasteiger partial charge in [0.1, 0.15) is 6.54 Å². The molecule has 0 bridgehead atoms. The number of aromatic nitrogens is 4. The molecule has 0 amide bonds. The van der Waals surface area contributed by atoms with E-state index in [1.165, 1.54) is 27.9 Å². The fourth-order valence-electron chi connectivity index (χ4n) is 1.80. The smallest absolute Gasteiger partial charge is 0.299 e. The van der Waals surface area contributed by atoms with Gasteiger partial charge in [0.2, 0.25) is 0 Å². The Balaban J connectivity index is 3.06. The molecule has 0 atom stereocenters. The van der Waals surface area contributed by atoms with Crippen LogP contribution < -0.4 is 11.2 Å². The second-order valence-corrected chi connectivity index (χ2v) is 4.49. The number of thioether (sulfide) groups is 1. The summed E-state index contributed by atoms with van der Waals surface area (Å²) in [6.07, 6.45) is 1.80. The predicted molar refractivity (Wildman–Crippen MR) is 67.6 cm³/mol. The molecule has 0 aromatic carbocycles. The van der Waals surface area contributed by atoms with Crippen LogP contribution in [0.2, 0.25) is 0 Å². The average Bonchev–Trinajstić information content (AvgIpc) is 2.73. The minimum atomic E-state index is -0.434. The van der Waals surface area contributed by atoms with Crippen LogP contribution in [-0.4, -0.2) is 24.9 Å². The first-order valence-electron chi connectivity index (χ1n) is 5.10. The first-order chi connectivity index (χ1) is 8.52. The first-order valence-corrected chi connectivity index (χ1v) is 6.32. The van der Waals surface area contributed by atoms with Gasteiger partial charge in [-0.15, -0.1) is 0 Å². The maximum absolute atomic E-state index is 12.1. The van der Waals surface area contributed by atoms with Crippen molar-refractivity contribution >= 4 is 22.9 Å². The van der Waals surface area contributed by atoms with E-state index in [4.69, 9.17) is 5.26 Å². The quantitative estimate of drug-likeness (QED) is 0.695. The summed E-state index contributed by atoms with van der Waals surface area (Å²) in [4.78, 5) is 28.1. The zero-order valence-corrected chi connectivity index (χ0v) is 11.0. The van der Waals surface area contributed by atoms with Crippen molar-refractivity contribution in [2.75, 3.05) is 6.26 Å². The van der Waals surface area contributed by atoms with Gasteiger partial charge in [0.25, 0.3) is 5.56 Å². The van der Waals surface area contributed by atoms with E-state index in [1.807, 2.05) is 6.07 Å². The van der Waals surface area contributed by atoms with E-state index >= 15 is 0 Å². The third-order valence-electron chi connectivity index (χ3n) is 2.72. The lowest BCUT2D eigenvalue weighted by molar-refractivity contribution is 0.701. The van der Waals surface area contributed by atoms with Crippen LogP contribution in [0.25, 0.3) is 11.2 Å². The maximum Gasteiger partial charge on any atom is 0.332 e. The van der Waals surface area contributed by atoms with Crippen LogP contribution in [0.15, 0.2) is 14.7 Å². The molecule has 2 rings (SSSR count). The van der Waals surface area contributed by atoms with Crippen molar-refractivity contribution in [2.24, 2.45) is 14.1 Å². The molecular weight excluding hydrogens is 254 g/mol. The van der Waals surface area contributed by atoms with Crippen LogP contribution in [0, 0.1) is 11.3 Å². The molecule has 2 heterocycles. The maximum atomic E-state index is 12.1. The SMILES string of the molecule is CSc1nc2c(c(=O)n(C)c(=O)n2C)n1CC#N. The Morgan fingerprint density at radius 1 is 1.33 bits per heavy atom. The van der Waals surface area contributed by atoms with E-state index in [0.717, 1.165) is 4.57 Å². The van der Waals surface area contributed by atoms with E-state index in [-0.39, 0.29) is 12.1 Å². The lowest BCUT2D eigenvalue weighted by Crippen LogP contribution is -2.37. The molecule has 2 aromatic rings. The van der Waals surface area contributed by atoms with Crippen LogP contribution in [0.5, 0.6) is 0 Å². The van der Waals surface area contributed by atoms with Crippen molar-refractivity contribution in [2.45, 2.75) is 11.7 Å². The summed E-state index contributed by atoms with van der Waals surface area (Å²) in [5.41, 5.74) is -0.272. The molecule has 0 spiro atoms. The standard InChI is InChI=1S/C10H11N5O2S/c1-13-7-6(8(16)14(2)10(13)17)15(5-4-11)9(12-7)18-3/h5H2,1-3H3. The van der Waals surface area contributed by atoms with Crippen LogP contribution in [0.1, 0.15) is 0 Å². The summed E-state index contributed by atoms with van der Waals surface area (Å²) in [5.74, 6) is 0. The van der Waals surface area contributed by atoms with Gasteiger partial charge >= 0.3 is 5.69 Å². The Morgan fingerprint density at radius 3 is 2.56 bits per heavy atom. The first kappa shape index (κ1) is 12.4. The summed E-state index contributed by atoms with van der Waals surface area (Å²) in [6.45, 7) is 0.0279. The van der Waals surface area contributed by atoms with Gasteiger partial charge in [-0.1, -0.05) is 11.8 Å². The Labute approximate surface area is 106 Å². The summed E-state index contributed by atoms with van der Waals surface area (Å²) in [5, 5.41) is 9.36. The molecule has 0 aliphatic rings. The Hall–Kier alpha value is -2.01. The summed E-state index contributed by atoms with van der Waals surface area (Å²) < 4.78 is 3.86. The lowest BCUT2D eigenvalue weighted by Gasteiger charge is -2.04. The van der Waals surface area contributed by atoms with Crippen LogP contribution >= 0.6 is 11.8 Å². The highest BCUT2D eigenvalue weighted by atomic mass is 32.2. The molecule has 0 unspecified atom stereocenters. The van der Waals surface area contributed by atoms with Crippen LogP contribution in [0.3, 0.4) is 0 Å². The van der Waals surface area contributed by atoms with Gasteiger partial charge < -0.3 is 0 Å². The van der Waals surface area contributed by atoms with E-state index in [9.17, 15) is 9.59 Å². The number of aryl methyl sites for hydroxylation is 1. The Morgan fingerprint density at radius 2 is 2.00 bits per heavy atom. The normalized spacial score (nSPS) is 10.8. The lowest BCUT2D eigenvalue weighted by atomic mass is 10.5. The zero-order valence-electron chi connectivity index (χ0n) is 10.2. The summed E-state index contributed by atoms with van der Waals surface area (Å²) in [7, 11) is 2.96. The van der Waals surface area contributed by atoms with Crippen molar-refractivity contribution < 1.29 is 0 Å². The summed E-state index contributed by atoms with van der Waals surface area (Å²) >= 11 is 1.33. The highest BCUT2D eigenvalue weighted by Crippen LogP contribution is 2.18. The van der Waals surface area contributed by atoms with Gasteiger partial charge in [-0.25, -0.2) is 9.78 Å². The highest BCUT2D eigenvalue weighted by molar-refractivity contribution is 7.98. The number of fused-ring (bicyclic) bond motifs is 1. The van der Waals surface area contributed by atoms with Crippen molar-refractivity contribution in [3.05, 3.63) is 20.8 Å². The molecule has 2 aromatic heterocycles. The van der Waals surface area contributed by atoms with Gasteiger partial charge in [0, 0.05) is 14.1 Å². The van der Waals surface area contributed by atoms with Gasteiger partial charge in [-0.3, -0.25) is 18.5 Å². The number of rotatable bonds is 2. The molecule has 18 heavy (non-hydrogen) atoms. The number of hydrogen-bond donors (Lipinski definition) is 0. The molecule has 0 aliphatic carbocycles. The second-order valence-electron chi connectivity index (χ2n) is 3.72. The molecule has 0 fully saturated rings. The number of hydrogen-bond acceptors (Lipinski definition) is 5. The van der Waals surface area contributed by atoms with Crippen molar-refractivity contribution in [1.29, 1.82) is 5.26 Å². The fourth-order valence-corrected chi connectivity index (χ4v) is 2.35. The molecule has 8 heteroatoms. The molecule has 7 nitrogen and oxygen atoms in total. The van der Waals surface area contributed by atoms with Gasteiger partial charge in [-0.05, 0) is 6.26 Å². The zero-order chi connectivity index (χ0) is 13.4. The molecule has 0 aliphatic heterocycles. The molecule has 94 valence electrons. The highest BCUT2D eigenvalue weighted by Gasteiger charge is 2.18. The monoisotopic (exact) mass is 265 g/mol. The predicted octanol–water partition coefficient (Wildman–Crippen LogP) is -0.321. The molecule has 0 saturated carbocycles. The fraction of sp³-hybridized carbons (Fsp3) is 0.400. The van der Waals surface area contributed by atoms with E-state index < -0.39 is 11.2 Å². The van der Waals surface area contributed by atoms with Gasteiger partial charge in [0.15, 0.2) is 16.3 Å². The number of imidazole rings is 1. The molecule has 0 N–H and O–H groups in total. The van der Waals surface area contributed by atoms with Crippen molar-refractivity contribution in [3.63, 3.8) is 0 Å². The van der Waals surface area contributed by atoms with Crippen molar-refractivity contribution in [1.82, 2.24) is 18.7 Å². The van der Waals surface area contributed by atoms with E-state index in [0.29, 0.717) is 10.8 Å². The van der Waals surface area contributed by atoms with Gasteiger partial charge in [0.05, 0.1) is 6.07 Å². The largest absolute Gasteiger partial charge is 0.332 e. The molecular formula is C10H11N5O2S. The average molecular weight is 265 g/mol. The number of nitriles is 1. The van der Waals surface area contributed by atoms with Crippen LogP contribution in [0.4, 0.5) is 0 Å². The second kappa shape index (κ2) is 4.34. The van der Waals surface area contributed by atoms with E-state index in [1.54, 1.807) is 13.3 Å². The molecule has 0 radical (unpaired) electrons. The summed E-state index contributed by atoms with van der Waals surface area (Å²) in [6, 6.07) is 1.99. The third kappa shape index (κ3) is 1.55. The Kier molecular flexibility index (Phi) is 3.00. The molecule has 0 saturated heterocycles. The van der Waals surface area contributed by atoms with E-state index in [2.05, 4.69) is 4.98 Å². The third-order valence-corrected chi connectivity index (χ3v) is 3.40. The van der Waals surface area contributed by atoms with Crippen LogP contribution in [-0.2, 0) is 20.6 Å². The van der Waals surface area contributed by atoms with Crippen molar-refractivity contribution in [3.8, 4) is 6.07 Å². The Bertz CT molecular complexity index is 777. The minimum absolute atomic E-state index is 0.0279. The number of nitrogens with zero attached hydrogens (tertiary/aromatic N) is 5. The minimum Gasteiger partial charge on any atom is -0.299 e.